The number of amides is 1. The van der Waals surface area contributed by atoms with Crippen molar-refractivity contribution in [3.63, 3.8) is 0 Å². The third-order valence-electron chi connectivity index (χ3n) is 4.12. The van der Waals surface area contributed by atoms with Crippen molar-refractivity contribution >= 4 is 14.2 Å². The molecule has 0 saturated carbocycles. The van der Waals surface area contributed by atoms with Crippen LogP contribution in [0, 0.1) is 0 Å². The smallest absolute Gasteiger partial charge is 0.220 e. The largest absolute Gasteiger partial charge is 0.412 e. The second-order valence-corrected chi connectivity index (χ2v) is 11.4. The monoisotopic (exact) mass is 269 g/mol. The van der Waals surface area contributed by atoms with Crippen LogP contribution in [-0.2, 0) is 9.22 Å². The van der Waals surface area contributed by atoms with Gasteiger partial charge in [0, 0.05) is 6.42 Å². The van der Waals surface area contributed by atoms with Crippen molar-refractivity contribution < 1.29 is 9.22 Å². The van der Waals surface area contributed by atoms with Crippen LogP contribution in [-0.4, -0.2) is 26.4 Å². The molecule has 1 fully saturated rings. The molecule has 1 N–H and O–H groups in total. The van der Waals surface area contributed by atoms with Gasteiger partial charge < -0.3 is 9.74 Å². The molecule has 1 aliphatic rings. The van der Waals surface area contributed by atoms with Crippen molar-refractivity contribution in [1.29, 1.82) is 0 Å². The molecule has 1 saturated heterocycles. The zero-order chi connectivity index (χ0) is 14.0. The lowest BCUT2D eigenvalue weighted by Crippen LogP contribution is -2.54. The van der Waals surface area contributed by atoms with E-state index < -0.39 is 8.32 Å². The maximum Gasteiger partial charge on any atom is 0.220 e. The lowest BCUT2D eigenvalue weighted by Gasteiger charge is -2.43. The second-order valence-electron chi connectivity index (χ2n) is 6.65. The molecular formula is C14H27NO2Si. The summed E-state index contributed by atoms with van der Waals surface area (Å²) in [5.74, 6) is 0.136. The summed E-state index contributed by atoms with van der Waals surface area (Å²) in [6.07, 6.45) is 4.19. The van der Waals surface area contributed by atoms with E-state index in [-0.39, 0.29) is 23.1 Å². The van der Waals surface area contributed by atoms with Crippen LogP contribution in [0.4, 0.5) is 0 Å². The zero-order valence-electron chi connectivity index (χ0n) is 12.4. The molecule has 1 aliphatic heterocycles. The van der Waals surface area contributed by atoms with E-state index in [9.17, 15) is 4.79 Å². The summed E-state index contributed by atoms with van der Waals surface area (Å²) in [7, 11) is -1.77. The summed E-state index contributed by atoms with van der Waals surface area (Å²) in [5.41, 5.74) is 0. The first kappa shape index (κ1) is 15.4. The first-order valence-corrected chi connectivity index (χ1v) is 9.66. The van der Waals surface area contributed by atoms with Crippen molar-refractivity contribution in [2.75, 3.05) is 0 Å². The van der Waals surface area contributed by atoms with Gasteiger partial charge in [-0.3, -0.25) is 4.79 Å². The Hall–Kier alpha value is -0.613. The Labute approximate surface area is 112 Å². The predicted molar refractivity (Wildman–Crippen MR) is 78.0 cm³/mol. The van der Waals surface area contributed by atoms with Crippen molar-refractivity contribution in [2.24, 2.45) is 0 Å². The first-order chi connectivity index (χ1) is 8.17. The molecule has 0 bridgehead atoms. The third kappa shape index (κ3) is 3.69. The van der Waals surface area contributed by atoms with Gasteiger partial charge in [0.25, 0.3) is 0 Å². The van der Waals surface area contributed by atoms with Gasteiger partial charge in [-0.2, -0.15) is 0 Å². The van der Waals surface area contributed by atoms with Crippen molar-refractivity contribution in [3.05, 3.63) is 12.7 Å². The predicted octanol–water partition coefficient (Wildman–Crippen LogP) is 3.23. The minimum atomic E-state index is -1.77. The number of carbonyl (C=O) groups is 1. The minimum absolute atomic E-state index is 0.0953. The van der Waals surface area contributed by atoms with E-state index in [0.29, 0.717) is 6.42 Å². The number of hydrogen-bond donors (Lipinski definition) is 1. The highest BCUT2D eigenvalue weighted by atomic mass is 28.4. The highest BCUT2D eigenvalue weighted by molar-refractivity contribution is 6.74. The molecule has 0 aromatic heterocycles. The average molecular weight is 269 g/mol. The Kier molecular flexibility index (Phi) is 4.78. The number of rotatable bonds is 4. The zero-order valence-corrected chi connectivity index (χ0v) is 13.4. The molecule has 0 spiro atoms. The fraction of sp³-hybridized carbons (Fsp3) is 0.786. The van der Waals surface area contributed by atoms with E-state index >= 15 is 0 Å². The Bertz CT molecular complexity index is 320. The fourth-order valence-corrected chi connectivity index (χ4v) is 3.33. The molecule has 0 aromatic rings. The van der Waals surface area contributed by atoms with E-state index in [1.165, 1.54) is 0 Å². The SMILES string of the molecule is C=CC[C@@H]1NC(=O)CC[C@@H]1O[Si](C)(C)C(C)(C)C. The van der Waals surface area contributed by atoms with Crippen LogP contribution in [0.2, 0.25) is 18.1 Å². The van der Waals surface area contributed by atoms with Gasteiger partial charge in [-0.1, -0.05) is 26.8 Å². The summed E-state index contributed by atoms with van der Waals surface area (Å²) in [6.45, 7) is 15.0. The van der Waals surface area contributed by atoms with Gasteiger partial charge in [-0.15, -0.1) is 6.58 Å². The van der Waals surface area contributed by atoms with E-state index in [0.717, 1.165) is 12.8 Å². The van der Waals surface area contributed by atoms with Gasteiger partial charge in [-0.05, 0) is 31.0 Å². The van der Waals surface area contributed by atoms with Crippen LogP contribution in [0.15, 0.2) is 12.7 Å². The maximum atomic E-state index is 11.5. The van der Waals surface area contributed by atoms with Gasteiger partial charge in [0.05, 0.1) is 12.1 Å². The van der Waals surface area contributed by atoms with Gasteiger partial charge in [0.1, 0.15) is 0 Å². The Morgan fingerprint density at radius 1 is 1.50 bits per heavy atom. The van der Waals surface area contributed by atoms with Crippen LogP contribution in [0.25, 0.3) is 0 Å². The molecule has 1 amide bonds. The summed E-state index contributed by atoms with van der Waals surface area (Å²) < 4.78 is 6.43. The molecule has 0 radical (unpaired) electrons. The van der Waals surface area contributed by atoms with Crippen molar-refractivity contribution in [1.82, 2.24) is 5.32 Å². The molecule has 2 atom stereocenters. The lowest BCUT2D eigenvalue weighted by molar-refractivity contribution is -0.125. The van der Waals surface area contributed by atoms with E-state index in [1.54, 1.807) is 0 Å². The van der Waals surface area contributed by atoms with Crippen molar-refractivity contribution in [3.8, 4) is 0 Å². The van der Waals surface area contributed by atoms with Gasteiger partial charge in [0.2, 0.25) is 5.91 Å². The van der Waals surface area contributed by atoms with Crippen LogP contribution < -0.4 is 5.32 Å². The summed E-state index contributed by atoms with van der Waals surface area (Å²) in [5, 5.41) is 3.23. The molecule has 3 nitrogen and oxygen atoms in total. The number of piperidine rings is 1. The maximum absolute atomic E-state index is 11.5. The Morgan fingerprint density at radius 2 is 2.11 bits per heavy atom. The number of nitrogens with one attached hydrogen (secondary N) is 1. The van der Waals surface area contributed by atoms with Gasteiger partial charge >= 0.3 is 0 Å². The minimum Gasteiger partial charge on any atom is -0.412 e. The summed E-state index contributed by atoms with van der Waals surface area (Å²) >= 11 is 0. The molecule has 104 valence electrons. The fourth-order valence-electron chi connectivity index (χ4n) is 1.93. The van der Waals surface area contributed by atoms with Crippen LogP contribution >= 0.6 is 0 Å². The molecule has 18 heavy (non-hydrogen) atoms. The van der Waals surface area contributed by atoms with E-state index in [1.807, 2.05) is 6.08 Å². The average Bonchev–Trinajstić information content (AvgIpc) is 2.20. The van der Waals surface area contributed by atoms with Crippen LogP contribution in [0.1, 0.15) is 40.0 Å². The van der Waals surface area contributed by atoms with E-state index in [2.05, 4.69) is 45.8 Å². The second kappa shape index (κ2) is 5.57. The molecule has 4 heteroatoms. The highest BCUT2D eigenvalue weighted by Gasteiger charge is 2.41. The van der Waals surface area contributed by atoms with E-state index in [4.69, 9.17) is 4.43 Å². The quantitative estimate of drug-likeness (QED) is 0.628. The number of carbonyl (C=O) groups excluding carboxylic acids is 1. The molecule has 0 aliphatic carbocycles. The summed E-state index contributed by atoms with van der Waals surface area (Å²) in [4.78, 5) is 11.5. The topological polar surface area (TPSA) is 38.3 Å². The molecule has 1 heterocycles. The molecule has 1 rings (SSSR count). The molecule has 0 unspecified atom stereocenters. The van der Waals surface area contributed by atoms with Gasteiger partial charge in [0.15, 0.2) is 8.32 Å². The summed E-state index contributed by atoms with van der Waals surface area (Å²) in [6, 6.07) is 0.0953. The lowest BCUT2D eigenvalue weighted by atomic mass is 9.98. The normalized spacial score (nSPS) is 25.7. The standard InChI is InChI=1S/C14H27NO2Si/c1-7-8-11-12(9-10-13(16)15-11)17-18(5,6)14(2,3)4/h7,11-12H,1,8-10H2,2-6H3,(H,15,16)/t11-,12-/m0/s1. The van der Waals surface area contributed by atoms with Crippen LogP contribution in [0.3, 0.4) is 0 Å². The Balaban J connectivity index is 2.74. The highest BCUT2D eigenvalue weighted by Crippen LogP contribution is 2.38. The molecular weight excluding hydrogens is 242 g/mol. The van der Waals surface area contributed by atoms with Crippen molar-refractivity contribution in [2.45, 2.75) is 70.3 Å². The number of hydrogen-bond acceptors (Lipinski definition) is 2. The Morgan fingerprint density at radius 3 is 2.61 bits per heavy atom. The van der Waals surface area contributed by atoms with Crippen LogP contribution in [0.5, 0.6) is 0 Å². The first-order valence-electron chi connectivity index (χ1n) is 6.75. The third-order valence-corrected chi connectivity index (χ3v) is 8.63. The molecule has 0 aromatic carbocycles. The van der Waals surface area contributed by atoms with Gasteiger partial charge in [-0.25, -0.2) is 0 Å².